The molecule has 5 nitrogen and oxygen atoms in total. The number of hydrogen-bond donors (Lipinski definition) is 2. The van der Waals surface area contributed by atoms with E-state index in [4.69, 9.17) is 5.11 Å². The summed E-state index contributed by atoms with van der Waals surface area (Å²) in [5.41, 5.74) is 6.16. The SMILES string of the molecule is Cc1cc([C@@H](CCc2ccc(NC3CC(C(=O)O)C3)cc2)c2ccccc2C=O)ccn1. The first-order chi connectivity index (χ1) is 15.5. The fourth-order valence-corrected chi connectivity index (χ4v) is 4.47. The summed E-state index contributed by atoms with van der Waals surface area (Å²) >= 11 is 0. The number of aldehydes is 1. The van der Waals surface area contributed by atoms with Crippen LogP contribution in [0.4, 0.5) is 5.69 Å². The van der Waals surface area contributed by atoms with Gasteiger partial charge in [0.15, 0.2) is 0 Å². The lowest BCUT2D eigenvalue weighted by molar-refractivity contribution is -0.144. The number of anilines is 1. The van der Waals surface area contributed by atoms with Crippen LogP contribution in [0.25, 0.3) is 0 Å². The molecule has 0 unspecified atom stereocenters. The van der Waals surface area contributed by atoms with Gasteiger partial charge in [-0.3, -0.25) is 14.6 Å². The van der Waals surface area contributed by atoms with E-state index in [1.54, 1.807) is 0 Å². The number of pyridine rings is 1. The van der Waals surface area contributed by atoms with Gasteiger partial charge in [0.05, 0.1) is 5.92 Å². The number of aromatic nitrogens is 1. The highest BCUT2D eigenvalue weighted by Crippen LogP contribution is 2.33. The molecule has 2 aromatic carbocycles. The summed E-state index contributed by atoms with van der Waals surface area (Å²) in [6, 6.07) is 20.5. The number of aliphatic carboxylic acids is 1. The van der Waals surface area contributed by atoms with Crippen LogP contribution in [0.1, 0.15) is 57.9 Å². The van der Waals surface area contributed by atoms with Crippen molar-refractivity contribution < 1.29 is 14.7 Å². The van der Waals surface area contributed by atoms with Crippen LogP contribution in [-0.2, 0) is 11.2 Å². The third-order valence-electron chi connectivity index (χ3n) is 6.36. The molecule has 1 aliphatic rings. The van der Waals surface area contributed by atoms with Crippen molar-refractivity contribution in [3.8, 4) is 0 Å². The van der Waals surface area contributed by atoms with Gasteiger partial charge in [-0.15, -0.1) is 0 Å². The molecular formula is C27H28N2O3. The van der Waals surface area contributed by atoms with Gasteiger partial charge in [-0.05, 0) is 73.6 Å². The molecule has 4 rings (SSSR count). The van der Waals surface area contributed by atoms with Crippen molar-refractivity contribution in [1.29, 1.82) is 0 Å². The molecule has 1 heterocycles. The van der Waals surface area contributed by atoms with Crippen molar-refractivity contribution >= 4 is 17.9 Å². The molecular weight excluding hydrogens is 400 g/mol. The molecule has 0 spiro atoms. The standard InChI is InChI=1S/C27H28N2O3/c1-18-14-20(12-13-28-18)26(25-5-3-2-4-21(25)17-30)11-8-19-6-9-23(10-7-19)29-24-15-22(16-24)27(31)32/h2-7,9-10,12-14,17,22,24,26,29H,8,11,15-16H2,1H3,(H,31,32)/t22?,24?,26-/m1/s1. The summed E-state index contributed by atoms with van der Waals surface area (Å²) in [6.07, 6.45) is 5.89. The number of carboxylic acid groups (broad SMARTS) is 1. The normalized spacial score (nSPS) is 18.4. The third kappa shape index (κ3) is 5.05. The number of aryl methyl sites for hydroxylation is 2. The number of carbonyl (C=O) groups excluding carboxylic acids is 1. The van der Waals surface area contributed by atoms with E-state index in [0.29, 0.717) is 12.8 Å². The average Bonchev–Trinajstić information content (AvgIpc) is 2.77. The first-order valence-electron chi connectivity index (χ1n) is 11.1. The van der Waals surface area contributed by atoms with Crippen molar-refractivity contribution in [2.75, 3.05) is 5.32 Å². The van der Waals surface area contributed by atoms with Gasteiger partial charge < -0.3 is 10.4 Å². The predicted octanol–water partition coefficient (Wildman–Crippen LogP) is 5.24. The quantitative estimate of drug-likeness (QED) is 0.456. The highest BCUT2D eigenvalue weighted by molar-refractivity contribution is 5.78. The lowest BCUT2D eigenvalue weighted by Crippen LogP contribution is -2.39. The molecule has 3 aromatic rings. The molecule has 5 heteroatoms. The fourth-order valence-electron chi connectivity index (χ4n) is 4.47. The van der Waals surface area contributed by atoms with E-state index in [1.807, 2.05) is 43.5 Å². The maximum atomic E-state index is 11.7. The Kier molecular flexibility index (Phi) is 6.64. The van der Waals surface area contributed by atoms with Crippen molar-refractivity contribution in [2.24, 2.45) is 5.92 Å². The van der Waals surface area contributed by atoms with E-state index in [9.17, 15) is 9.59 Å². The Morgan fingerprint density at radius 2 is 1.91 bits per heavy atom. The van der Waals surface area contributed by atoms with Crippen LogP contribution in [0.5, 0.6) is 0 Å². The molecule has 32 heavy (non-hydrogen) atoms. The largest absolute Gasteiger partial charge is 0.481 e. The van der Waals surface area contributed by atoms with Crippen molar-refractivity contribution in [2.45, 2.75) is 44.6 Å². The Hall–Kier alpha value is -3.47. The number of benzene rings is 2. The molecule has 1 fully saturated rings. The molecule has 1 atom stereocenters. The lowest BCUT2D eigenvalue weighted by atomic mass is 9.80. The van der Waals surface area contributed by atoms with Crippen molar-refractivity contribution in [1.82, 2.24) is 4.98 Å². The molecule has 1 aromatic heterocycles. The lowest BCUT2D eigenvalue weighted by Gasteiger charge is -2.33. The van der Waals surface area contributed by atoms with Crippen LogP contribution < -0.4 is 5.32 Å². The molecule has 164 valence electrons. The highest BCUT2D eigenvalue weighted by atomic mass is 16.4. The number of hydrogen-bond acceptors (Lipinski definition) is 4. The Morgan fingerprint density at radius 1 is 1.16 bits per heavy atom. The number of carboxylic acids is 1. The van der Waals surface area contributed by atoms with Gasteiger partial charge in [0.1, 0.15) is 6.29 Å². The zero-order valence-electron chi connectivity index (χ0n) is 18.2. The van der Waals surface area contributed by atoms with E-state index in [0.717, 1.165) is 41.6 Å². The Bertz CT molecular complexity index is 1090. The second-order valence-electron chi connectivity index (χ2n) is 8.61. The summed E-state index contributed by atoms with van der Waals surface area (Å²) in [5, 5.41) is 12.4. The topological polar surface area (TPSA) is 79.3 Å². The van der Waals surface area contributed by atoms with Gasteiger partial charge in [-0.1, -0.05) is 36.4 Å². The van der Waals surface area contributed by atoms with Crippen LogP contribution in [0.15, 0.2) is 66.9 Å². The molecule has 1 aliphatic carbocycles. The first-order valence-corrected chi connectivity index (χ1v) is 11.1. The number of nitrogens with zero attached hydrogens (tertiary/aromatic N) is 1. The Balaban J connectivity index is 1.45. The minimum atomic E-state index is -0.700. The zero-order valence-corrected chi connectivity index (χ0v) is 18.2. The van der Waals surface area contributed by atoms with Crippen molar-refractivity contribution in [3.05, 3.63) is 94.8 Å². The van der Waals surface area contributed by atoms with E-state index < -0.39 is 5.97 Å². The van der Waals surface area contributed by atoms with Gasteiger partial charge in [-0.25, -0.2) is 0 Å². The Morgan fingerprint density at radius 3 is 2.59 bits per heavy atom. The molecule has 0 aliphatic heterocycles. The maximum Gasteiger partial charge on any atom is 0.306 e. The first kappa shape index (κ1) is 21.8. The molecule has 1 saturated carbocycles. The van der Waals surface area contributed by atoms with Crippen molar-refractivity contribution in [3.63, 3.8) is 0 Å². The third-order valence-corrected chi connectivity index (χ3v) is 6.36. The average molecular weight is 429 g/mol. The second-order valence-corrected chi connectivity index (χ2v) is 8.61. The monoisotopic (exact) mass is 428 g/mol. The predicted molar refractivity (Wildman–Crippen MR) is 125 cm³/mol. The summed E-state index contributed by atoms with van der Waals surface area (Å²) in [6.45, 7) is 1.98. The van der Waals surface area contributed by atoms with E-state index in [2.05, 4.69) is 40.6 Å². The van der Waals surface area contributed by atoms with Gasteiger partial charge in [0, 0.05) is 35.1 Å². The molecule has 0 saturated heterocycles. The van der Waals surface area contributed by atoms with Crippen LogP contribution in [0, 0.1) is 12.8 Å². The molecule has 2 N–H and O–H groups in total. The number of carbonyl (C=O) groups is 2. The summed E-state index contributed by atoms with van der Waals surface area (Å²) < 4.78 is 0. The molecule has 0 radical (unpaired) electrons. The van der Waals surface area contributed by atoms with E-state index >= 15 is 0 Å². The van der Waals surface area contributed by atoms with Gasteiger partial charge in [0.25, 0.3) is 0 Å². The van der Waals surface area contributed by atoms with Crippen LogP contribution in [-0.4, -0.2) is 28.4 Å². The van der Waals surface area contributed by atoms with Crippen LogP contribution >= 0.6 is 0 Å². The second kappa shape index (κ2) is 9.77. The minimum Gasteiger partial charge on any atom is -0.481 e. The highest BCUT2D eigenvalue weighted by Gasteiger charge is 2.34. The van der Waals surface area contributed by atoms with E-state index in [1.165, 1.54) is 11.1 Å². The van der Waals surface area contributed by atoms with Gasteiger partial charge in [-0.2, -0.15) is 0 Å². The minimum absolute atomic E-state index is 0.110. The molecule has 0 bridgehead atoms. The van der Waals surface area contributed by atoms with Gasteiger partial charge in [0.2, 0.25) is 0 Å². The molecule has 0 amide bonds. The number of nitrogens with one attached hydrogen (secondary N) is 1. The van der Waals surface area contributed by atoms with Crippen LogP contribution in [0.2, 0.25) is 0 Å². The zero-order chi connectivity index (χ0) is 22.5. The fraction of sp³-hybridized carbons (Fsp3) is 0.296. The van der Waals surface area contributed by atoms with Crippen LogP contribution in [0.3, 0.4) is 0 Å². The maximum absolute atomic E-state index is 11.7. The number of rotatable bonds is 9. The summed E-state index contributed by atoms with van der Waals surface area (Å²) in [5.74, 6) is -0.804. The summed E-state index contributed by atoms with van der Waals surface area (Å²) in [7, 11) is 0. The summed E-state index contributed by atoms with van der Waals surface area (Å²) in [4.78, 5) is 27.0. The smallest absolute Gasteiger partial charge is 0.306 e. The Labute approximate surface area is 188 Å². The van der Waals surface area contributed by atoms with E-state index in [-0.39, 0.29) is 17.9 Å². The van der Waals surface area contributed by atoms with Gasteiger partial charge >= 0.3 is 5.97 Å².